The van der Waals surface area contributed by atoms with E-state index in [-0.39, 0.29) is 0 Å². The quantitative estimate of drug-likeness (QED) is 0.731. The maximum atomic E-state index is 11.4. The molecule has 3 heteroatoms. The van der Waals surface area contributed by atoms with Crippen LogP contribution in [0.3, 0.4) is 0 Å². The first-order valence-corrected chi connectivity index (χ1v) is 5.05. The van der Waals surface area contributed by atoms with Gasteiger partial charge in [0.05, 0.1) is 5.41 Å². The molecular weight excluding hydrogens is 200 g/mol. The molecule has 0 aromatic carbocycles. The van der Waals surface area contributed by atoms with Gasteiger partial charge in [-0.1, -0.05) is 12.1 Å². The van der Waals surface area contributed by atoms with Crippen molar-refractivity contribution in [3.63, 3.8) is 0 Å². The topological polar surface area (TPSA) is 42.9 Å². The third-order valence-electron chi connectivity index (χ3n) is 2.76. The lowest BCUT2D eigenvalue weighted by Crippen LogP contribution is -2.25. The van der Waals surface area contributed by atoms with E-state index in [4.69, 9.17) is 0 Å². The van der Waals surface area contributed by atoms with Gasteiger partial charge in [0, 0.05) is 24.8 Å². The zero-order chi connectivity index (χ0) is 11.4. The normalized spacial score (nSPS) is 11.1. The van der Waals surface area contributed by atoms with Gasteiger partial charge in [-0.2, -0.15) is 0 Å². The molecule has 80 valence electrons. The van der Waals surface area contributed by atoms with Crippen molar-refractivity contribution in [1.82, 2.24) is 9.97 Å². The van der Waals surface area contributed by atoms with Crippen molar-refractivity contribution < 1.29 is 4.79 Å². The number of aromatic nitrogens is 2. The van der Waals surface area contributed by atoms with E-state index in [1.54, 1.807) is 24.8 Å². The fourth-order valence-electron chi connectivity index (χ4n) is 1.64. The second-order valence-corrected chi connectivity index (χ2v) is 3.80. The molecule has 0 saturated heterocycles. The summed E-state index contributed by atoms with van der Waals surface area (Å²) in [6, 6.07) is 7.45. The summed E-state index contributed by atoms with van der Waals surface area (Å²) >= 11 is 0. The third-order valence-corrected chi connectivity index (χ3v) is 2.76. The van der Waals surface area contributed by atoms with Crippen LogP contribution in [-0.4, -0.2) is 16.3 Å². The van der Waals surface area contributed by atoms with Crippen LogP contribution in [0.1, 0.15) is 18.1 Å². The summed E-state index contributed by atoms with van der Waals surface area (Å²) in [4.78, 5) is 19.5. The summed E-state index contributed by atoms with van der Waals surface area (Å²) in [5.74, 6) is 0. The summed E-state index contributed by atoms with van der Waals surface area (Å²) in [5, 5.41) is 0. The van der Waals surface area contributed by atoms with Gasteiger partial charge in [0.1, 0.15) is 6.29 Å². The van der Waals surface area contributed by atoms with E-state index in [2.05, 4.69) is 9.97 Å². The molecule has 0 N–H and O–H groups in total. The summed E-state index contributed by atoms with van der Waals surface area (Å²) in [6.07, 6.45) is 7.74. The van der Waals surface area contributed by atoms with Gasteiger partial charge in [-0.05, 0) is 30.2 Å². The molecule has 2 rings (SSSR count). The third kappa shape index (κ3) is 1.72. The van der Waals surface area contributed by atoms with Crippen LogP contribution in [0.25, 0.3) is 0 Å². The van der Waals surface area contributed by atoms with Gasteiger partial charge < -0.3 is 4.79 Å². The number of pyridine rings is 2. The summed E-state index contributed by atoms with van der Waals surface area (Å²) in [7, 11) is 0. The lowest BCUT2D eigenvalue weighted by Gasteiger charge is -2.23. The Bertz CT molecular complexity index is 428. The predicted octanol–water partition coefficient (Wildman–Crippen LogP) is 1.98. The van der Waals surface area contributed by atoms with E-state index >= 15 is 0 Å². The Morgan fingerprint density at radius 1 is 1.06 bits per heavy atom. The predicted molar refractivity (Wildman–Crippen MR) is 61.0 cm³/mol. The molecule has 0 fully saturated rings. The van der Waals surface area contributed by atoms with E-state index < -0.39 is 5.41 Å². The molecule has 0 aliphatic rings. The van der Waals surface area contributed by atoms with Crippen molar-refractivity contribution in [2.75, 3.05) is 0 Å². The first-order chi connectivity index (χ1) is 7.77. The van der Waals surface area contributed by atoms with Crippen LogP contribution >= 0.6 is 0 Å². The van der Waals surface area contributed by atoms with Crippen molar-refractivity contribution in [3.8, 4) is 0 Å². The summed E-state index contributed by atoms with van der Waals surface area (Å²) in [5.41, 5.74) is 1.07. The maximum absolute atomic E-state index is 11.4. The van der Waals surface area contributed by atoms with Crippen molar-refractivity contribution >= 4 is 6.29 Å². The van der Waals surface area contributed by atoms with Gasteiger partial charge in [0.2, 0.25) is 0 Å². The van der Waals surface area contributed by atoms with Crippen LogP contribution in [0, 0.1) is 0 Å². The molecule has 0 aliphatic heterocycles. The second kappa shape index (κ2) is 4.23. The summed E-state index contributed by atoms with van der Waals surface area (Å²) in [6.45, 7) is 1.87. The van der Waals surface area contributed by atoms with Crippen molar-refractivity contribution in [2.24, 2.45) is 0 Å². The van der Waals surface area contributed by atoms with Gasteiger partial charge in [0.15, 0.2) is 0 Å². The zero-order valence-corrected chi connectivity index (χ0v) is 9.00. The number of carbonyl (C=O) groups is 1. The van der Waals surface area contributed by atoms with Crippen molar-refractivity contribution in [2.45, 2.75) is 12.3 Å². The molecule has 0 saturated carbocycles. The molecule has 0 atom stereocenters. The molecule has 0 aliphatic carbocycles. The zero-order valence-electron chi connectivity index (χ0n) is 9.00. The lowest BCUT2D eigenvalue weighted by atomic mass is 9.79. The molecule has 0 amide bonds. The molecule has 0 unspecified atom stereocenters. The molecular formula is C13H12N2O. The highest BCUT2D eigenvalue weighted by Gasteiger charge is 2.28. The average Bonchev–Trinajstić information content (AvgIpc) is 2.40. The van der Waals surface area contributed by atoms with Crippen LogP contribution < -0.4 is 0 Å². The average molecular weight is 212 g/mol. The van der Waals surface area contributed by atoms with Crippen LogP contribution in [0.5, 0.6) is 0 Å². The smallest absolute Gasteiger partial charge is 0.134 e. The molecule has 0 bridgehead atoms. The molecule has 2 aromatic heterocycles. The minimum absolute atomic E-state index is 0.678. The fraction of sp³-hybridized carbons (Fsp3) is 0.154. The van der Waals surface area contributed by atoms with E-state index in [1.165, 1.54) is 0 Å². The standard InChI is InChI=1S/C13H12N2O/c1-13(10-16,11-4-2-6-14-8-11)12-5-3-7-15-9-12/h2-10H,1H3. The van der Waals surface area contributed by atoms with Gasteiger partial charge >= 0.3 is 0 Å². The van der Waals surface area contributed by atoms with Crippen LogP contribution in [-0.2, 0) is 10.2 Å². The van der Waals surface area contributed by atoms with Crippen molar-refractivity contribution in [3.05, 3.63) is 60.2 Å². The number of aldehydes is 1. The first kappa shape index (κ1) is 10.5. The van der Waals surface area contributed by atoms with E-state index in [0.29, 0.717) is 0 Å². The lowest BCUT2D eigenvalue weighted by molar-refractivity contribution is -0.111. The Hall–Kier alpha value is -2.03. The van der Waals surface area contributed by atoms with E-state index in [1.807, 2.05) is 31.2 Å². The number of rotatable bonds is 3. The summed E-state index contributed by atoms with van der Waals surface area (Å²) < 4.78 is 0. The molecule has 16 heavy (non-hydrogen) atoms. The monoisotopic (exact) mass is 212 g/mol. The highest BCUT2D eigenvalue weighted by Crippen LogP contribution is 2.28. The number of carbonyl (C=O) groups excluding carboxylic acids is 1. The first-order valence-electron chi connectivity index (χ1n) is 5.05. The van der Waals surface area contributed by atoms with Crippen molar-refractivity contribution in [1.29, 1.82) is 0 Å². The Balaban J connectivity index is 2.53. The van der Waals surface area contributed by atoms with E-state index in [0.717, 1.165) is 17.4 Å². The van der Waals surface area contributed by atoms with Crippen LogP contribution in [0.15, 0.2) is 49.1 Å². The number of hydrogen-bond acceptors (Lipinski definition) is 3. The number of hydrogen-bond donors (Lipinski definition) is 0. The SMILES string of the molecule is CC(C=O)(c1cccnc1)c1cccnc1. The van der Waals surface area contributed by atoms with Gasteiger partial charge in [-0.15, -0.1) is 0 Å². The molecule has 2 heterocycles. The van der Waals surface area contributed by atoms with Crippen LogP contribution in [0.2, 0.25) is 0 Å². The van der Waals surface area contributed by atoms with Crippen LogP contribution in [0.4, 0.5) is 0 Å². The molecule has 0 spiro atoms. The second-order valence-electron chi connectivity index (χ2n) is 3.80. The minimum Gasteiger partial charge on any atom is -0.302 e. The maximum Gasteiger partial charge on any atom is 0.134 e. The molecule has 0 radical (unpaired) electrons. The number of nitrogens with zero attached hydrogens (tertiary/aromatic N) is 2. The Labute approximate surface area is 94.2 Å². The Morgan fingerprint density at radius 2 is 1.56 bits per heavy atom. The highest BCUT2D eigenvalue weighted by molar-refractivity contribution is 5.73. The molecule has 3 nitrogen and oxygen atoms in total. The fourth-order valence-corrected chi connectivity index (χ4v) is 1.64. The largest absolute Gasteiger partial charge is 0.302 e. The van der Waals surface area contributed by atoms with Gasteiger partial charge in [0.25, 0.3) is 0 Å². The Morgan fingerprint density at radius 3 is 1.88 bits per heavy atom. The Kier molecular flexibility index (Phi) is 2.77. The van der Waals surface area contributed by atoms with E-state index in [9.17, 15) is 4.79 Å². The molecule has 2 aromatic rings. The minimum atomic E-state index is -0.678. The highest BCUT2D eigenvalue weighted by atomic mass is 16.1. The van der Waals surface area contributed by atoms with Gasteiger partial charge in [-0.25, -0.2) is 0 Å². The van der Waals surface area contributed by atoms with Gasteiger partial charge in [-0.3, -0.25) is 9.97 Å².